The van der Waals surface area contributed by atoms with Crippen LogP contribution in [0.4, 0.5) is 15.8 Å². The van der Waals surface area contributed by atoms with E-state index < -0.39 is 16.7 Å². The van der Waals surface area contributed by atoms with E-state index in [-0.39, 0.29) is 30.3 Å². The van der Waals surface area contributed by atoms with Crippen molar-refractivity contribution < 1.29 is 19.2 Å². The molecule has 1 aromatic rings. The monoisotopic (exact) mass is 270 g/mol. The molecular formula is C12H15FN2O4. The Morgan fingerprint density at radius 3 is 2.79 bits per heavy atom. The molecule has 1 rings (SSSR count). The predicted octanol–water partition coefficient (Wildman–Crippen LogP) is 2.65. The van der Waals surface area contributed by atoms with Crippen LogP contribution in [0.25, 0.3) is 0 Å². The maximum absolute atomic E-state index is 13.1. The molecule has 19 heavy (non-hydrogen) atoms. The van der Waals surface area contributed by atoms with Gasteiger partial charge in [0.2, 0.25) is 0 Å². The van der Waals surface area contributed by atoms with Crippen LogP contribution in [-0.2, 0) is 4.79 Å². The van der Waals surface area contributed by atoms with E-state index in [4.69, 9.17) is 5.11 Å². The molecule has 0 saturated carbocycles. The fourth-order valence-corrected chi connectivity index (χ4v) is 1.67. The molecule has 0 fully saturated rings. The summed E-state index contributed by atoms with van der Waals surface area (Å²) in [4.78, 5) is 20.8. The summed E-state index contributed by atoms with van der Waals surface area (Å²) in [7, 11) is 0. The van der Waals surface area contributed by atoms with E-state index in [9.17, 15) is 19.3 Å². The summed E-state index contributed by atoms with van der Waals surface area (Å²) in [5, 5.41) is 22.2. The normalized spacial score (nSPS) is 11.9. The molecule has 0 bridgehead atoms. The average Bonchev–Trinajstić information content (AvgIpc) is 2.33. The van der Waals surface area contributed by atoms with Gasteiger partial charge < -0.3 is 10.4 Å². The highest BCUT2D eigenvalue weighted by atomic mass is 19.1. The summed E-state index contributed by atoms with van der Waals surface area (Å²) in [6.45, 7) is 2.07. The second-order valence-electron chi connectivity index (χ2n) is 4.17. The summed E-state index contributed by atoms with van der Waals surface area (Å²) in [6.07, 6.45) is 0.578. The molecule has 0 aliphatic heterocycles. The van der Waals surface area contributed by atoms with Gasteiger partial charge in [-0.25, -0.2) is 4.39 Å². The van der Waals surface area contributed by atoms with Crippen LogP contribution < -0.4 is 5.32 Å². The van der Waals surface area contributed by atoms with E-state index in [2.05, 4.69) is 5.32 Å². The maximum Gasteiger partial charge on any atom is 0.303 e. The fourth-order valence-electron chi connectivity index (χ4n) is 1.67. The van der Waals surface area contributed by atoms with Crippen LogP contribution in [-0.4, -0.2) is 22.5 Å². The van der Waals surface area contributed by atoms with Crippen molar-refractivity contribution in [2.24, 2.45) is 5.92 Å². The van der Waals surface area contributed by atoms with Crippen molar-refractivity contribution >= 4 is 17.3 Å². The second-order valence-corrected chi connectivity index (χ2v) is 4.17. The number of halogens is 1. The van der Waals surface area contributed by atoms with Gasteiger partial charge in [-0.2, -0.15) is 0 Å². The van der Waals surface area contributed by atoms with Crippen LogP contribution in [0.2, 0.25) is 0 Å². The van der Waals surface area contributed by atoms with Gasteiger partial charge in [0.25, 0.3) is 5.69 Å². The van der Waals surface area contributed by atoms with Gasteiger partial charge in [0, 0.05) is 25.1 Å². The van der Waals surface area contributed by atoms with Crippen molar-refractivity contribution in [2.45, 2.75) is 19.8 Å². The van der Waals surface area contributed by atoms with Crippen molar-refractivity contribution in [3.8, 4) is 0 Å². The number of anilines is 1. The zero-order chi connectivity index (χ0) is 14.4. The third-order valence-corrected chi connectivity index (χ3v) is 2.78. The molecular weight excluding hydrogens is 255 g/mol. The largest absolute Gasteiger partial charge is 0.481 e. The topological polar surface area (TPSA) is 92.5 Å². The molecule has 1 aromatic carbocycles. The van der Waals surface area contributed by atoms with Crippen LogP contribution in [0.5, 0.6) is 0 Å². The van der Waals surface area contributed by atoms with Gasteiger partial charge in [-0.05, 0) is 12.0 Å². The quantitative estimate of drug-likeness (QED) is 0.587. The first-order valence-corrected chi connectivity index (χ1v) is 5.83. The minimum atomic E-state index is -0.928. The van der Waals surface area contributed by atoms with Gasteiger partial charge in [0.1, 0.15) is 11.5 Å². The summed E-state index contributed by atoms with van der Waals surface area (Å²) in [5.41, 5.74) is -0.166. The van der Waals surface area contributed by atoms with Crippen LogP contribution in [0.15, 0.2) is 18.2 Å². The molecule has 104 valence electrons. The number of hydrogen-bond donors (Lipinski definition) is 2. The van der Waals surface area contributed by atoms with Crippen molar-refractivity contribution in [3.63, 3.8) is 0 Å². The van der Waals surface area contributed by atoms with E-state index in [1.54, 1.807) is 0 Å². The van der Waals surface area contributed by atoms with Crippen LogP contribution >= 0.6 is 0 Å². The lowest BCUT2D eigenvalue weighted by Crippen LogP contribution is -2.17. The molecule has 1 atom stereocenters. The first-order chi connectivity index (χ1) is 8.93. The lowest BCUT2D eigenvalue weighted by molar-refractivity contribution is -0.384. The number of aliphatic carboxylic acids is 1. The number of rotatable bonds is 7. The Labute approximate surface area is 109 Å². The standard InChI is InChI=1S/C12H15FN2O4/c1-2-8(5-12(16)17)7-14-10-6-9(13)3-4-11(10)15(18)19/h3-4,6,8,14H,2,5,7H2,1H3,(H,16,17). The second kappa shape index (κ2) is 6.67. The zero-order valence-corrected chi connectivity index (χ0v) is 10.4. The molecule has 0 amide bonds. The highest BCUT2D eigenvalue weighted by Crippen LogP contribution is 2.25. The van der Waals surface area contributed by atoms with Gasteiger partial charge >= 0.3 is 5.97 Å². The summed E-state index contributed by atoms with van der Waals surface area (Å²) < 4.78 is 13.1. The van der Waals surface area contributed by atoms with Gasteiger partial charge in [0.05, 0.1) is 4.92 Å². The Morgan fingerprint density at radius 2 is 2.26 bits per heavy atom. The Kier molecular flexibility index (Phi) is 5.23. The minimum absolute atomic E-state index is 0.0351. The number of carboxylic acids is 1. The number of nitrogens with one attached hydrogen (secondary N) is 1. The van der Waals surface area contributed by atoms with Crippen molar-refractivity contribution in [1.29, 1.82) is 0 Å². The van der Waals surface area contributed by atoms with E-state index in [0.29, 0.717) is 6.42 Å². The minimum Gasteiger partial charge on any atom is -0.481 e. The zero-order valence-electron chi connectivity index (χ0n) is 10.4. The lowest BCUT2D eigenvalue weighted by Gasteiger charge is -2.14. The molecule has 0 heterocycles. The van der Waals surface area contributed by atoms with Crippen LogP contribution in [0.3, 0.4) is 0 Å². The third-order valence-electron chi connectivity index (χ3n) is 2.78. The maximum atomic E-state index is 13.1. The SMILES string of the molecule is CCC(CNc1cc(F)ccc1[N+](=O)[O-])CC(=O)O. The van der Waals surface area contributed by atoms with E-state index in [1.807, 2.05) is 6.92 Å². The Bertz CT molecular complexity index is 479. The predicted molar refractivity (Wildman–Crippen MR) is 67.6 cm³/mol. The molecule has 1 unspecified atom stereocenters. The molecule has 0 aliphatic carbocycles. The summed E-state index contributed by atoms with van der Waals surface area (Å²) in [5.74, 6) is -1.68. The number of nitro benzene ring substituents is 1. The molecule has 0 radical (unpaired) electrons. The van der Waals surface area contributed by atoms with Crippen LogP contribution in [0.1, 0.15) is 19.8 Å². The molecule has 7 heteroatoms. The Balaban J connectivity index is 2.78. The summed E-state index contributed by atoms with van der Waals surface area (Å²) >= 11 is 0. The van der Waals surface area contributed by atoms with Crippen molar-refractivity contribution in [1.82, 2.24) is 0 Å². The number of carbonyl (C=O) groups is 1. The van der Waals surface area contributed by atoms with Crippen LogP contribution in [0, 0.1) is 21.8 Å². The first-order valence-electron chi connectivity index (χ1n) is 5.83. The number of hydrogen-bond acceptors (Lipinski definition) is 4. The molecule has 0 aromatic heterocycles. The Morgan fingerprint density at radius 1 is 1.58 bits per heavy atom. The molecule has 0 aliphatic rings. The van der Waals surface area contributed by atoms with E-state index in [0.717, 1.165) is 18.2 Å². The molecule has 0 spiro atoms. The average molecular weight is 270 g/mol. The fraction of sp³-hybridized carbons (Fsp3) is 0.417. The molecule has 0 saturated heterocycles. The highest BCUT2D eigenvalue weighted by Gasteiger charge is 2.16. The third kappa shape index (κ3) is 4.53. The molecule has 2 N–H and O–H groups in total. The number of benzene rings is 1. The van der Waals surface area contributed by atoms with Crippen molar-refractivity contribution in [2.75, 3.05) is 11.9 Å². The summed E-state index contributed by atoms with van der Waals surface area (Å²) in [6, 6.07) is 3.12. The van der Waals surface area contributed by atoms with E-state index in [1.165, 1.54) is 0 Å². The number of carboxylic acid groups (broad SMARTS) is 1. The molecule has 6 nitrogen and oxygen atoms in total. The van der Waals surface area contributed by atoms with Gasteiger partial charge in [-0.1, -0.05) is 13.3 Å². The number of nitrogens with zero attached hydrogens (tertiary/aromatic N) is 1. The van der Waals surface area contributed by atoms with E-state index >= 15 is 0 Å². The first kappa shape index (κ1) is 14.9. The Hall–Kier alpha value is -2.18. The van der Waals surface area contributed by atoms with Gasteiger partial charge in [0.15, 0.2) is 0 Å². The van der Waals surface area contributed by atoms with Gasteiger partial charge in [-0.3, -0.25) is 14.9 Å². The van der Waals surface area contributed by atoms with Crippen molar-refractivity contribution in [3.05, 3.63) is 34.1 Å². The number of nitro groups is 1. The highest BCUT2D eigenvalue weighted by molar-refractivity contribution is 5.67. The van der Waals surface area contributed by atoms with Gasteiger partial charge in [-0.15, -0.1) is 0 Å². The lowest BCUT2D eigenvalue weighted by atomic mass is 10.0. The smallest absolute Gasteiger partial charge is 0.303 e.